The molecule has 0 bridgehead atoms. The fraction of sp³-hybridized carbons (Fsp3) is 0.541. The molecule has 0 aliphatic rings. The summed E-state index contributed by atoms with van der Waals surface area (Å²) in [5, 5.41) is 87.3. The Bertz CT molecular complexity index is 1650. The Labute approximate surface area is 319 Å². The fourth-order valence-electron chi connectivity index (χ4n) is 6.66. The predicted octanol–water partition coefficient (Wildman–Crippen LogP) is -2.56. The van der Waals surface area contributed by atoms with Crippen LogP contribution < -0.4 is 25.8 Å². The van der Waals surface area contributed by atoms with E-state index >= 15 is 0 Å². The second-order valence-electron chi connectivity index (χ2n) is 13.5. The maximum absolute atomic E-state index is 13.5. The average molecular weight is 778 g/mol. The molecule has 18 heteroatoms. The molecule has 0 aliphatic carbocycles. The zero-order valence-electron chi connectivity index (χ0n) is 32.2. The molecule has 11 N–H and O–H groups in total. The van der Waals surface area contributed by atoms with Gasteiger partial charge in [0.25, 0.3) is 17.7 Å². The van der Waals surface area contributed by atoms with E-state index in [2.05, 4.69) is 16.0 Å². The van der Waals surface area contributed by atoms with E-state index in [4.69, 9.17) is 0 Å². The van der Waals surface area contributed by atoms with Crippen LogP contribution in [0, 0.1) is 48.5 Å². The largest absolute Gasteiger partial charge is 0.394 e. The van der Waals surface area contributed by atoms with E-state index in [1.54, 1.807) is 27.7 Å². The van der Waals surface area contributed by atoms with Gasteiger partial charge < -0.3 is 66.6 Å². The number of nitrogens with one attached hydrogen (secondary N) is 3. The van der Waals surface area contributed by atoms with Crippen LogP contribution in [0.4, 0.5) is 11.4 Å². The number of hydrogen-bond acceptors (Lipinski definition) is 13. The van der Waals surface area contributed by atoms with Crippen LogP contribution in [0.5, 0.6) is 0 Å². The van der Waals surface area contributed by atoms with Gasteiger partial charge in [-0.15, -0.1) is 0 Å². The van der Waals surface area contributed by atoms with Crippen LogP contribution in [0.25, 0.3) is 0 Å². The predicted molar refractivity (Wildman–Crippen MR) is 201 cm³/mol. The topological polar surface area (TPSA) is 290 Å². The molecule has 2 rings (SSSR count). The molecule has 5 amide bonds. The van der Waals surface area contributed by atoms with Gasteiger partial charge in [-0.2, -0.15) is 0 Å². The lowest BCUT2D eigenvalue weighted by molar-refractivity contribution is -0.109. The first-order chi connectivity index (χ1) is 25.9. The molecule has 0 radical (unpaired) electrons. The van der Waals surface area contributed by atoms with Gasteiger partial charge in [-0.3, -0.25) is 24.0 Å². The molecule has 55 heavy (non-hydrogen) atoms. The van der Waals surface area contributed by atoms with Crippen LogP contribution in [0.2, 0.25) is 0 Å². The quantitative estimate of drug-likeness (QED) is 0.0583. The molecule has 306 valence electrons. The van der Waals surface area contributed by atoms with E-state index in [1.165, 1.54) is 20.8 Å². The maximum Gasteiger partial charge on any atom is 0.252 e. The third-order valence-corrected chi connectivity index (χ3v) is 9.85. The highest BCUT2D eigenvalue weighted by Crippen LogP contribution is 2.36. The molecule has 0 aromatic heterocycles. The van der Waals surface area contributed by atoms with Gasteiger partial charge in [-0.1, -0.05) is 0 Å². The first-order valence-corrected chi connectivity index (χ1v) is 17.6. The molecule has 0 spiro atoms. The molecule has 2 atom stereocenters. The van der Waals surface area contributed by atoms with E-state index in [9.17, 15) is 64.8 Å². The van der Waals surface area contributed by atoms with E-state index in [-0.39, 0.29) is 44.8 Å². The van der Waals surface area contributed by atoms with Crippen LogP contribution in [0.3, 0.4) is 0 Å². The molecule has 2 aromatic rings. The van der Waals surface area contributed by atoms with Gasteiger partial charge in [0.2, 0.25) is 12.8 Å². The second-order valence-corrected chi connectivity index (χ2v) is 13.5. The Balaban J connectivity index is 2.63. The number of rotatable bonds is 21. The van der Waals surface area contributed by atoms with Gasteiger partial charge in [0.15, 0.2) is 0 Å². The van der Waals surface area contributed by atoms with Gasteiger partial charge in [0.1, 0.15) is 0 Å². The Kier molecular flexibility index (Phi) is 17.8. The standard InChI is InChI=1S/C37H55N5O13/c1-18-19(2)30(35(53)38-25(10-43)11-44)22(5)33(20(18)3)41(16-49)8-28(51)29(52)9-42(17-50)34-23(6)31(36(54)39-26(12-45)13-46)21(4)32(24(34)7)37(55)40-27(14-47)15-48/h16-17,25-29,43-48,51-52H,8-15H2,1-7H3,(H,38,53)(H,39,54)(H,40,55). The summed E-state index contributed by atoms with van der Waals surface area (Å²) in [4.78, 5) is 67.7. The summed E-state index contributed by atoms with van der Waals surface area (Å²) in [6.07, 6.45) is -2.73. The Morgan fingerprint density at radius 2 is 0.745 bits per heavy atom. The molecule has 0 heterocycles. The minimum Gasteiger partial charge on any atom is -0.394 e. The van der Waals surface area contributed by atoms with Crippen LogP contribution in [0.15, 0.2) is 0 Å². The van der Waals surface area contributed by atoms with Gasteiger partial charge in [-0.05, 0) is 87.4 Å². The van der Waals surface area contributed by atoms with Crippen molar-refractivity contribution in [2.24, 2.45) is 0 Å². The Hall–Kier alpha value is -4.53. The number of nitrogens with zero attached hydrogens (tertiary/aromatic N) is 2. The van der Waals surface area contributed by atoms with Crippen molar-refractivity contribution in [3.8, 4) is 0 Å². The normalized spacial score (nSPS) is 12.5. The number of benzene rings is 2. The molecular formula is C37H55N5O13. The number of carbonyl (C=O) groups is 5. The van der Waals surface area contributed by atoms with E-state index in [1.807, 2.05) is 0 Å². The van der Waals surface area contributed by atoms with Gasteiger partial charge >= 0.3 is 0 Å². The molecule has 2 aromatic carbocycles. The summed E-state index contributed by atoms with van der Waals surface area (Å²) in [6.45, 7) is 6.48. The number of carbonyl (C=O) groups excluding carboxylic acids is 5. The summed E-state index contributed by atoms with van der Waals surface area (Å²) in [5.41, 5.74) is 2.79. The van der Waals surface area contributed by atoms with E-state index < -0.39 is 101 Å². The van der Waals surface area contributed by atoms with Gasteiger partial charge in [-0.25, -0.2) is 0 Å². The van der Waals surface area contributed by atoms with E-state index in [0.29, 0.717) is 35.1 Å². The molecule has 0 saturated carbocycles. The second kappa shape index (κ2) is 21.0. The maximum atomic E-state index is 13.5. The smallest absolute Gasteiger partial charge is 0.252 e. The Morgan fingerprint density at radius 3 is 1.02 bits per heavy atom. The SMILES string of the molecule is Cc1c(C)c(C(=O)NC(CO)CO)c(C)c(N(C=O)CC(O)C(O)CN(C=O)c2c(C)c(C(=O)NC(CO)CO)c(C)c(C(=O)NC(CO)CO)c2C)c1C. The van der Waals surface area contributed by atoms with Crippen LogP contribution in [-0.4, -0.2) is 154 Å². The molecular weight excluding hydrogens is 722 g/mol. The van der Waals surface area contributed by atoms with Crippen molar-refractivity contribution in [1.29, 1.82) is 0 Å². The number of hydrogen-bond donors (Lipinski definition) is 11. The fourth-order valence-corrected chi connectivity index (χ4v) is 6.66. The lowest BCUT2D eigenvalue weighted by Gasteiger charge is -2.32. The molecule has 0 saturated heterocycles. The summed E-state index contributed by atoms with van der Waals surface area (Å²) < 4.78 is 0. The monoisotopic (exact) mass is 777 g/mol. The first kappa shape index (κ1) is 46.6. The highest BCUT2D eigenvalue weighted by molar-refractivity contribution is 6.07. The third-order valence-electron chi connectivity index (χ3n) is 9.85. The van der Waals surface area contributed by atoms with Crippen molar-refractivity contribution in [2.45, 2.75) is 78.8 Å². The molecule has 0 aliphatic heterocycles. The highest BCUT2D eigenvalue weighted by atomic mass is 16.3. The molecule has 0 fully saturated rings. The molecule has 2 unspecified atom stereocenters. The minimum absolute atomic E-state index is 0.0101. The van der Waals surface area contributed by atoms with Crippen LogP contribution in [-0.2, 0) is 9.59 Å². The summed E-state index contributed by atoms with van der Waals surface area (Å²) >= 11 is 0. The minimum atomic E-state index is -1.74. The van der Waals surface area contributed by atoms with Crippen LogP contribution >= 0.6 is 0 Å². The zero-order chi connectivity index (χ0) is 41.9. The average Bonchev–Trinajstić information content (AvgIpc) is 3.15. The van der Waals surface area contributed by atoms with Crippen molar-refractivity contribution in [3.63, 3.8) is 0 Å². The highest BCUT2D eigenvalue weighted by Gasteiger charge is 2.32. The lowest BCUT2D eigenvalue weighted by Crippen LogP contribution is -2.46. The molecule has 18 nitrogen and oxygen atoms in total. The van der Waals surface area contributed by atoms with Crippen molar-refractivity contribution >= 4 is 41.9 Å². The third kappa shape index (κ3) is 10.4. The van der Waals surface area contributed by atoms with Crippen molar-refractivity contribution in [2.75, 3.05) is 62.5 Å². The number of aliphatic hydroxyl groups is 8. The van der Waals surface area contributed by atoms with Crippen molar-refractivity contribution in [3.05, 3.63) is 55.6 Å². The number of anilines is 2. The Morgan fingerprint density at radius 1 is 0.473 bits per heavy atom. The van der Waals surface area contributed by atoms with E-state index in [0.717, 1.165) is 9.80 Å². The summed E-state index contributed by atoms with van der Waals surface area (Å²) in [6, 6.07) is -3.09. The van der Waals surface area contributed by atoms with Crippen molar-refractivity contribution < 1.29 is 64.8 Å². The van der Waals surface area contributed by atoms with Crippen molar-refractivity contribution in [1.82, 2.24) is 16.0 Å². The summed E-state index contributed by atoms with van der Waals surface area (Å²) in [5.74, 6) is -2.25. The van der Waals surface area contributed by atoms with Gasteiger partial charge in [0.05, 0.1) is 94.4 Å². The summed E-state index contributed by atoms with van der Waals surface area (Å²) in [7, 11) is 0. The first-order valence-electron chi connectivity index (χ1n) is 17.6. The number of amides is 5. The lowest BCUT2D eigenvalue weighted by atomic mass is 9.89. The van der Waals surface area contributed by atoms with Gasteiger partial charge in [0, 0.05) is 16.7 Å². The number of aliphatic hydroxyl groups excluding tert-OH is 8. The zero-order valence-corrected chi connectivity index (χ0v) is 32.2. The van der Waals surface area contributed by atoms with Crippen LogP contribution in [0.1, 0.15) is 70.0 Å².